The molecule has 0 N–H and O–H groups in total. The van der Waals surface area contributed by atoms with Gasteiger partial charge >= 0.3 is 6.09 Å². The molecule has 0 saturated carbocycles. The van der Waals surface area contributed by atoms with Crippen LogP contribution in [0.4, 0.5) is 10.6 Å². The van der Waals surface area contributed by atoms with Gasteiger partial charge in [0.2, 0.25) is 0 Å². The van der Waals surface area contributed by atoms with Gasteiger partial charge in [0.15, 0.2) is 0 Å². The molecule has 1 aliphatic rings. The van der Waals surface area contributed by atoms with Crippen LogP contribution in [0.25, 0.3) is 6.08 Å². The molecule has 5 heteroatoms. The lowest BCUT2D eigenvalue weighted by Gasteiger charge is -2.36. The first-order valence-corrected chi connectivity index (χ1v) is 8.12. The minimum absolute atomic E-state index is 0.231. The molecule has 0 unspecified atom stereocenters. The Morgan fingerprint density at radius 3 is 2.43 bits per heavy atom. The summed E-state index contributed by atoms with van der Waals surface area (Å²) in [5.74, 6) is 1.00. The molecule has 0 aliphatic carbocycles. The second kappa shape index (κ2) is 7.02. The van der Waals surface area contributed by atoms with E-state index in [-0.39, 0.29) is 6.09 Å². The predicted octanol–water partition coefficient (Wildman–Crippen LogP) is 3.48. The van der Waals surface area contributed by atoms with Gasteiger partial charge in [-0.05, 0) is 51.8 Å². The van der Waals surface area contributed by atoms with Crippen LogP contribution in [0.1, 0.15) is 38.8 Å². The van der Waals surface area contributed by atoms with Crippen molar-refractivity contribution in [1.82, 2.24) is 9.88 Å². The zero-order chi connectivity index (χ0) is 17.0. The molecule has 1 aromatic rings. The first-order valence-electron chi connectivity index (χ1n) is 8.12. The largest absolute Gasteiger partial charge is 0.444 e. The molecule has 1 aliphatic heterocycles. The Bertz CT molecular complexity index is 582. The van der Waals surface area contributed by atoms with Crippen molar-refractivity contribution in [2.45, 2.75) is 40.2 Å². The van der Waals surface area contributed by atoms with E-state index in [1.807, 2.05) is 46.0 Å². The third kappa shape index (κ3) is 4.71. The maximum atomic E-state index is 12.1. The third-order valence-corrected chi connectivity index (χ3v) is 3.66. The molecule has 0 aromatic carbocycles. The van der Waals surface area contributed by atoms with Crippen molar-refractivity contribution in [3.63, 3.8) is 0 Å². The number of carbonyl (C=O) groups is 1. The van der Waals surface area contributed by atoms with E-state index < -0.39 is 5.60 Å². The van der Waals surface area contributed by atoms with Crippen molar-refractivity contribution >= 4 is 18.0 Å². The number of hydrogen-bond acceptors (Lipinski definition) is 4. The number of piperazine rings is 1. The van der Waals surface area contributed by atoms with Crippen LogP contribution in [0.5, 0.6) is 0 Å². The summed E-state index contributed by atoms with van der Waals surface area (Å²) in [5.41, 5.74) is 1.82. The Hall–Kier alpha value is -2.04. The maximum absolute atomic E-state index is 12.1. The summed E-state index contributed by atoms with van der Waals surface area (Å²) in [5, 5.41) is 0. The monoisotopic (exact) mass is 317 g/mol. The molecule has 23 heavy (non-hydrogen) atoms. The Labute approximate surface area is 138 Å². The Kier molecular flexibility index (Phi) is 5.29. The fourth-order valence-electron chi connectivity index (χ4n) is 2.63. The van der Waals surface area contributed by atoms with Crippen LogP contribution in [0.3, 0.4) is 0 Å². The molecule has 126 valence electrons. The molecular formula is C18H27N3O2. The van der Waals surface area contributed by atoms with E-state index in [0.717, 1.165) is 30.0 Å². The van der Waals surface area contributed by atoms with Gasteiger partial charge in [-0.15, -0.1) is 0 Å². The van der Waals surface area contributed by atoms with Crippen LogP contribution in [0.15, 0.2) is 18.3 Å². The van der Waals surface area contributed by atoms with E-state index in [2.05, 4.69) is 22.9 Å². The first-order chi connectivity index (χ1) is 10.8. The van der Waals surface area contributed by atoms with Crippen LogP contribution < -0.4 is 4.90 Å². The number of carbonyl (C=O) groups excluding carboxylic acids is 1. The van der Waals surface area contributed by atoms with Crippen molar-refractivity contribution in [3.8, 4) is 0 Å². The predicted molar refractivity (Wildman–Crippen MR) is 93.7 cm³/mol. The molecule has 2 heterocycles. The van der Waals surface area contributed by atoms with Crippen LogP contribution in [-0.4, -0.2) is 47.8 Å². The average Bonchev–Trinajstić information content (AvgIpc) is 2.46. The Morgan fingerprint density at radius 1 is 1.26 bits per heavy atom. The van der Waals surface area contributed by atoms with E-state index in [1.165, 1.54) is 0 Å². The summed E-state index contributed by atoms with van der Waals surface area (Å²) in [4.78, 5) is 20.7. The lowest BCUT2D eigenvalue weighted by atomic mass is 10.1. The van der Waals surface area contributed by atoms with Gasteiger partial charge in [-0.25, -0.2) is 9.78 Å². The van der Waals surface area contributed by atoms with Gasteiger partial charge in [-0.3, -0.25) is 0 Å². The summed E-state index contributed by atoms with van der Waals surface area (Å²) in [6, 6.07) is 2.14. The number of anilines is 1. The highest BCUT2D eigenvalue weighted by atomic mass is 16.6. The van der Waals surface area contributed by atoms with E-state index in [9.17, 15) is 4.79 Å². The van der Waals surface area contributed by atoms with Crippen molar-refractivity contribution in [3.05, 3.63) is 29.5 Å². The summed E-state index contributed by atoms with van der Waals surface area (Å²) in [6.45, 7) is 12.6. The van der Waals surface area contributed by atoms with Gasteiger partial charge in [-0.2, -0.15) is 0 Å². The molecule has 5 nitrogen and oxygen atoms in total. The fraction of sp³-hybridized carbons (Fsp3) is 0.556. The number of allylic oxidation sites excluding steroid dienone is 1. The van der Waals surface area contributed by atoms with Crippen molar-refractivity contribution < 1.29 is 9.53 Å². The summed E-state index contributed by atoms with van der Waals surface area (Å²) < 4.78 is 5.43. The second-order valence-electron chi connectivity index (χ2n) is 6.86. The summed E-state index contributed by atoms with van der Waals surface area (Å²) in [6.07, 6.45) is 5.72. The molecule has 0 radical (unpaired) electrons. The molecule has 1 saturated heterocycles. The highest BCUT2D eigenvalue weighted by Crippen LogP contribution is 2.21. The minimum Gasteiger partial charge on any atom is -0.444 e. The fourth-order valence-corrected chi connectivity index (χ4v) is 2.63. The van der Waals surface area contributed by atoms with Crippen LogP contribution in [0, 0.1) is 6.92 Å². The number of pyridine rings is 1. The van der Waals surface area contributed by atoms with E-state index in [1.54, 1.807) is 4.90 Å². The highest BCUT2D eigenvalue weighted by molar-refractivity contribution is 5.68. The van der Waals surface area contributed by atoms with Crippen molar-refractivity contribution in [2.75, 3.05) is 31.1 Å². The zero-order valence-corrected chi connectivity index (χ0v) is 14.8. The molecule has 2 rings (SSSR count). The summed E-state index contributed by atoms with van der Waals surface area (Å²) >= 11 is 0. The normalized spacial score (nSPS) is 16.0. The zero-order valence-electron chi connectivity index (χ0n) is 14.8. The minimum atomic E-state index is -0.449. The molecule has 0 spiro atoms. The lowest BCUT2D eigenvalue weighted by Crippen LogP contribution is -2.50. The molecule has 0 atom stereocenters. The number of ether oxygens (including phenoxy) is 1. The molecule has 0 bridgehead atoms. The van der Waals surface area contributed by atoms with Gasteiger partial charge < -0.3 is 14.5 Å². The maximum Gasteiger partial charge on any atom is 0.410 e. The van der Waals surface area contributed by atoms with Gasteiger partial charge in [-0.1, -0.05) is 12.2 Å². The van der Waals surface area contributed by atoms with Crippen molar-refractivity contribution in [2.24, 2.45) is 0 Å². The van der Waals surface area contributed by atoms with Gasteiger partial charge in [0, 0.05) is 32.4 Å². The second-order valence-corrected chi connectivity index (χ2v) is 6.86. The SMILES string of the molecule is C/C=C\c1cnc(N2CCN(C(=O)OC(C)(C)C)CC2)c(C)c1. The van der Waals surface area contributed by atoms with Crippen LogP contribution in [-0.2, 0) is 4.74 Å². The van der Waals surface area contributed by atoms with Crippen LogP contribution in [0.2, 0.25) is 0 Å². The number of amides is 1. The lowest BCUT2D eigenvalue weighted by molar-refractivity contribution is 0.0240. The van der Waals surface area contributed by atoms with Gasteiger partial charge in [0.25, 0.3) is 0 Å². The quantitative estimate of drug-likeness (QED) is 0.838. The smallest absolute Gasteiger partial charge is 0.410 e. The van der Waals surface area contributed by atoms with E-state index in [0.29, 0.717) is 13.1 Å². The summed E-state index contributed by atoms with van der Waals surface area (Å²) in [7, 11) is 0. The third-order valence-electron chi connectivity index (χ3n) is 3.66. The number of hydrogen-bond donors (Lipinski definition) is 0. The molecule has 1 aromatic heterocycles. The molecular weight excluding hydrogens is 290 g/mol. The van der Waals surface area contributed by atoms with Gasteiger partial charge in [0.1, 0.15) is 11.4 Å². The Balaban J connectivity index is 1.98. The Morgan fingerprint density at radius 2 is 1.91 bits per heavy atom. The van der Waals surface area contributed by atoms with Gasteiger partial charge in [0.05, 0.1) is 0 Å². The topological polar surface area (TPSA) is 45.7 Å². The van der Waals surface area contributed by atoms with E-state index in [4.69, 9.17) is 4.74 Å². The average molecular weight is 317 g/mol. The number of aryl methyl sites for hydroxylation is 1. The molecule has 1 amide bonds. The highest BCUT2D eigenvalue weighted by Gasteiger charge is 2.26. The van der Waals surface area contributed by atoms with E-state index >= 15 is 0 Å². The van der Waals surface area contributed by atoms with Crippen molar-refractivity contribution in [1.29, 1.82) is 0 Å². The number of nitrogens with zero attached hydrogens (tertiary/aromatic N) is 3. The number of rotatable bonds is 2. The number of aromatic nitrogens is 1. The van der Waals surface area contributed by atoms with Crippen LogP contribution >= 0.6 is 0 Å². The standard InChI is InChI=1S/C18H27N3O2/c1-6-7-15-12-14(2)16(19-13-15)20-8-10-21(11-9-20)17(22)23-18(3,4)5/h6-7,12-13H,8-11H2,1-5H3/b7-6-. The molecule has 1 fully saturated rings. The first kappa shape index (κ1) is 17.3.